The lowest BCUT2D eigenvalue weighted by atomic mass is 9.84. The number of ketones is 2. The zero-order chi connectivity index (χ0) is 22.2. The molecule has 4 aromatic carbocycles. The Bertz CT molecular complexity index is 1540. The van der Waals surface area contributed by atoms with Crippen LogP contribution in [-0.4, -0.2) is 11.6 Å². The maximum Gasteiger partial charge on any atom is 0.195 e. The minimum atomic E-state index is -0.141. The van der Waals surface area contributed by atoms with Crippen molar-refractivity contribution in [3.05, 3.63) is 128 Å². The van der Waals surface area contributed by atoms with Crippen LogP contribution in [0.3, 0.4) is 0 Å². The van der Waals surface area contributed by atoms with Crippen molar-refractivity contribution < 1.29 is 9.59 Å². The van der Waals surface area contributed by atoms with E-state index in [0.29, 0.717) is 27.3 Å². The van der Waals surface area contributed by atoms with E-state index >= 15 is 0 Å². The molecule has 0 aliphatic heterocycles. The highest BCUT2D eigenvalue weighted by atomic mass is 35.5. The molecule has 0 spiro atoms. The van der Waals surface area contributed by atoms with Gasteiger partial charge >= 0.3 is 0 Å². The molecule has 0 N–H and O–H groups in total. The van der Waals surface area contributed by atoms with Crippen molar-refractivity contribution in [3.63, 3.8) is 0 Å². The first kappa shape index (κ1) is 20.3. The molecule has 0 unspecified atom stereocenters. The highest BCUT2D eigenvalue weighted by molar-refractivity contribution is 7.24. The second kappa shape index (κ2) is 8.15. The van der Waals surface area contributed by atoms with Crippen molar-refractivity contribution in [3.8, 4) is 0 Å². The van der Waals surface area contributed by atoms with Gasteiger partial charge in [0.1, 0.15) is 0 Å². The molecule has 0 saturated carbocycles. The number of carbonyl (C=O) groups is 2. The van der Waals surface area contributed by atoms with Crippen LogP contribution in [0, 0.1) is 0 Å². The molecule has 0 fully saturated rings. The Balaban J connectivity index is 0.000000136. The summed E-state index contributed by atoms with van der Waals surface area (Å²) in [6.07, 6.45) is 0. The number of carbonyl (C=O) groups excluding carboxylic acids is 2. The van der Waals surface area contributed by atoms with Gasteiger partial charge in [-0.15, -0.1) is 11.3 Å². The molecule has 1 aliphatic rings. The van der Waals surface area contributed by atoms with Gasteiger partial charge in [-0.2, -0.15) is 0 Å². The summed E-state index contributed by atoms with van der Waals surface area (Å²) in [4.78, 5) is 36.5. The van der Waals surface area contributed by atoms with Gasteiger partial charge in [-0.1, -0.05) is 60.1 Å². The zero-order valence-corrected chi connectivity index (χ0v) is 18.2. The predicted octanol–water partition coefficient (Wildman–Crippen LogP) is 6.53. The van der Waals surface area contributed by atoms with E-state index in [1.54, 1.807) is 53.8 Å². The lowest BCUT2D eigenvalue weighted by Gasteiger charge is -2.16. The first-order valence-corrected chi connectivity index (χ1v) is 11.1. The van der Waals surface area contributed by atoms with Crippen molar-refractivity contribution in [2.75, 3.05) is 0 Å². The predicted molar refractivity (Wildman–Crippen MR) is 130 cm³/mol. The fourth-order valence-corrected chi connectivity index (χ4v) is 5.07. The van der Waals surface area contributed by atoms with Gasteiger partial charge in [-0.05, 0) is 42.5 Å². The number of rotatable bonds is 0. The normalized spacial score (nSPS) is 12.2. The Morgan fingerprint density at radius 3 is 1.59 bits per heavy atom. The van der Waals surface area contributed by atoms with Crippen LogP contribution in [0.4, 0.5) is 0 Å². The van der Waals surface area contributed by atoms with Gasteiger partial charge in [0.05, 0.1) is 0 Å². The van der Waals surface area contributed by atoms with Crippen LogP contribution < -0.4 is 5.43 Å². The third-order valence-electron chi connectivity index (χ3n) is 5.37. The van der Waals surface area contributed by atoms with E-state index in [-0.39, 0.29) is 17.0 Å². The van der Waals surface area contributed by atoms with Gasteiger partial charge in [0.25, 0.3) is 0 Å². The molecule has 32 heavy (non-hydrogen) atoms. The topological polar surface area (TPSA) is 51.2 Å². The maximum absolute atomic E-state index is 12.2. The smallest absolute Gasteiger partial charge is 0.195 e. The molecule has 0 radical (unpaired) electrons. The largest absolute Gasteiger partial charge is 0.289 e. The van der Waals surface area contributed by atoms with E-state index in [1.807, 2.05) is 48.5 Å². The molecule has 1 heterocycles. The van der Waals surface area contributed by atoms with E-state index in [4.69, 9.17) is 11.6 Å². The molecule has 0 amide bonds. The van der Waals surface area contributed by atoms with Crippen LogP contribution in [-0.2, 0) is 0 Å². The van der Waals surface area contributed by atoms with Crippen molar-refractivity contribution in [2.24, 2.45) is 0 Å². The van der Waals surface area contributed by atoms with Gasteiger partial charge in [0.2, 0.25) is 0 Å². The standard InChI is InChI=1S/C14H7ClO2.C13H8OS/c15-8-5-6-11-12(7-8)14(17)10-4-2-1-3-9(10)13(11)16;14-13-9-5-1-3-7-11(9)15-12-8-4-2-6-10(12)13/h1-7H;1-8H. The number of hydrogen-bond donors (Lipinski definition) is 0. The molecule has 3 nitrogen and oxygen atoms in total. The zero-order valence-electron chi connectivity index (χ0n) is 16.7. The molecule has 5 heteroatoms. The minimum Gasteiger partial charge on any atom is -0.289 e. The van der Waals surface area contributed by atoms with Gasteiger partial charge in [-0.25, -0.2) is 0 Å². The maximum atomic E-state index is 12.2. The van der Waals surface area contributed by atoms with Crippen molar-refractivity contribution >= 4 is 54.7 Å². The van der Waals surface area contributed by atoms with Gasteiger partial charge < -0.3 is 0 Å². The van der Waals surface area contributed by atoms with E-state index in [2.05, 4.69) is 0 Å². The molecule has 0 bridgehead atoms. The highest BCUT2D eigenvalue weighted by Crippen LogP contribution is 2.29. The fraction of sp³-hybridized carbons (Fsp3) is 0. The minimum absolute atomic E-state index is 0.119. The average molecular weight is 455 g/mol. The number of fused-ring (bicyclic) bond motifs is 4. The van der Waals surface area contributed by atoms with Crippen LogP contribution in [0.5, 0.6) is 0 Å². The molecule has 0 atom stereocenters. The Kier molecular flexibility index (Phi) is 5.17. The fourth-order valence-electron chi connectivity index (χ4n) is 3.82. The summed E-state index contributed by atoms with van der Waals surface area (Å²) in [5.74, 6) is -0.260. The monoisotopic (exact) mass is 454 g/mol. The summed E-state index contributed by atoms with van der Waals surface area (Å²) < 4.78 is 2.11. The van der Waals surface area contributed by atoms with Crippen LogP contribution >= 0.6 is 22.9 Å². The summed E-state index contributed by atoms with van der Waals surface area (Å²) >= 11 is 7.52. The van der Waals surface area contributed by atoms with E-state index in [0.717, 1.165) is 20.2 Å². The molecular formula is C27H15ClO3S. The Hall–Kier alpha value is -3.60. The third kappa shape index (κ3) is 3.44. The molecule has 1 aromatic heterocycles. The van der Waals surface area contributed by atoms with Crippen molar-refractivity contribution in [1.82, 2.24) is 0 Å². The lowest BCUT2D eigenvalue weighted by molar-refractivity contribution is 0.0979. The van der Waals surface area contributed by atoms with Gasteiger partial charge in [0.15, 0.2) is 17.0 Å². The van der Waals surface area contributed by atoms with Crippen LogP contribution in [0.2, 0.25) is 5.02 Å². The number of halogens is 1. The molecule has 5 aromatic rings. The Morgan fingerprint density at radius 1 is 0.531 bits per heavy atom. The summed E-state index contributed by atoms with van der Waals surface area (Å²) in [5, 5.41) is 2.10. The van der Waals surface area contributed by atoms with Crippen LogP contribution in [0.15, 0.2) is 95.8 Å². The summed E-state index contributed by atoms with van der Waals surface area (Å²) in [6.45, 7) is 0. The van der Waals surface area contributed by atoms with Gasteiger partial charge in [0, 0.05) is 47.4 Å². The van der Waals surface area contributed by atoms with E-state index in [9.17, 15) is 14.4 Å². The summed E-state index contributed by atoms with van der Waals surface area (Å²) in [6, 6.07) is 27.1. The summed E-state index contributed by atoms with van der Waals surface area (Å²) in [5.41, 5.74) is 1.87. The molecule has 1 aliphatic carbocycles. The van der Waals surface area contributed by atoms with E-state index in [1.165, 1.54) is 0 Å². The lowest BCUT2D eigenvalue weighted by Crippen LogP contribution is -2.20. The Labute approximate surface area is 192 Å². The average Bonchev–Trinajstić information content (AvgIpc) is 2.83. The molecular weight excluding hydrogens is 440 g/mol. The number of hydrogen-bond acceptors (Lipinski definition) is 4. The van der Waals surface area contributed by atoms with Crippen molar-refractivity contribution in [2.45, 2.75) is 0 Å². The highest BCUT2D eigenvalue weighted by Gasteiger charge is 2.29. The Morgan fingerprint density at radius 2 is 1.00 bits per heavy atom. The van der Waals surface area contributed by atoms with Crippen molar-refractivity contribution in [1.29, 1.82) is 0 Å². The second-order valence-corrected chi connectivity index (χ2v) is 8.84. The van der Waals surface area contributed by atoms with E-state index < -0.39 is 0 Å². The summed E-state index contributed by atoms with van der Waals surface area (Å²) in [7, 11) is 0. The third-order valence-corrected chi connectivity index (χ3v) is 6.76. The van der Waals surface area contributed by atoms with Gasteiger partial charge in [-0.3, -0.25) is 14.4 Å². The quantitative estimate of drug-likeness (QED) is 0.245. The molecule has 0 saturated heterocycles. The first-order valence-electron chi connectivity index (χ1n) is 9.93. The molecule has 154 valence electrons. The molecule has 6 rings (SSSR count). The second-order valence-electron chi connectivity index (χ2n) is 7.32. The van der Waals surface area contributed by atoms with Crippen LogP contribution in [0.25, 0.3) is 20.2 Å². The SMILES string of the molecule is O=C1c2ccccc2C(=O)c2cc(Cl)ccc21.O=c1c2ccccc2sc2ccccc12. The first-order chi connectivity index (χ1) is 15.5. The number of benzene rings is 4. The van der Waals surface area contributed by atoms with Crippen LogP contribution in [0.1, 0.15) is 31.8 Å².